The number of carbonyl (C=O) groups excluding carboxylic acids is 3. The number of ether oxygens (including phenoxy) is 2. The van der Waals surface area contributed by atoms with E-state index in [4.69, 9.17) is 9.47 Å². The van der Waals surface area contributed by atoms with E-state index in [0.29, 0.717) is 35.6 Å². The van der Waals surface area contributed by atoms with Gasteiger partial charge >= 0.3 is 5.97 Å². The van der Waals surface area contributed by atoms with Gasteiger partial charge in [-0.2, -0.15) is 0 Å². The predicted octanol–water partition coefficient (Wildman–Crippen LogP) is 3.64. The van der Waals surface area contributed by atoms with Crippen LogP contribution in [0.3, 0.4) is 0 Å². The van der Waals surface area contributed by atoms with E-state index in [1.54, 1.807) is 48.5 Å². The quantitative estimate of drug-likeness (QED) is 0.182. The smallest absolute Gasteiger partial charge is 0.337 e. The number of amides is 1. The lowest BCUT2D eigenvalue weighted by molar-refractivity contribution is -0.140. The van der Waals surface area contributed by atoms with Crippen molar-refractivity contribution in [3.8, 4) is 5.75 Å². The topological polar surface area (TPSA) is 96.4 Å². The Hall–Kier alpha value is -3.65. The van der Waals surface area contributed by atoms with E-state index in [0.717, 1.165) is 12.8 Å². The van der Waals surface area contributed by atoms with Crippen molar-refractivity contribution >= 4 is 23.4 Å². The van der Waals surface area contributed by atoms with Crippen LogP contribution in [-0.2, 0) is 14.3 Å². The van der Waals surface area contributed by atoms with E-state index < -0.39 is 23.7 Å². The number of Topliss-reactive ketones (excluding diaryl/α,β-unsaturated/α-hetero) is 1. The highest BCUT2D eigenvalue weighted by atomic mass is 16.5. The van der Waals surface area contributed by atoms with Gasteiger partial charge in [0, 0.05) is 18.7 Å². The largest absolute Gasteiger partial charge is 0.507 e. The lowest BCUT2D eigenvalue weighted by Gasteiger charge is -2.26. The van der Waals surface area contributed by atoms with E-state index in [-0.39, 0.29) is 17.9 Å². The summed E-state index contributed by atoms with van der Waals surface area (Å²) in [6.45, 7) is 3.43. The first-order valence-electron chi connectivity index (χ1n) is 11.6. The van der Waals surface area contributed by atoms with Crippen LogP contribution in [0, 0.1) is 0 Å². The second kappa shape index (κ2) is 11.7. The molecule has 0 bridgehead atoms. The Bertz CT molecular complexity index is 1110. The second-order valence-electron chi connectivity index (χ2n) is 8.64. The van der Waals surface area contributed by atoms with Gasteiger partial charge in [0.2, 0.25) is 0 Å². The monoisotopic (exact) mass is 480 g/mol. The lowest BCUT2D eigenvalue weighted by Crippen LogP contribution is -2.35. The van der Waals surface area contributed by atoms with Crippen LogP contribution in [0.2, 0.25) is 0 Å². The second-order valence-corrected chi connectivity index (χ2v) is 8.64. The summed E-state index contributed by atoms with van der Waals surface area (Å²) in [7, 11) is 5.05. The van der Waals surface area contributed by atoms with E-state index >= 15 is 0 Å². The number of methoxy groups -OCH3 is 1. The molecule has 1 amide bonds. The zero-order chi connectivity index (χ0) is 25.5. The molecule has 1 saturated heterocycles. The van der Waals surface area contributed by atoms with Gasteiger partial charge in [0.1, 0.15) is 11.5 Å². The van der Waals surface area contributed by atoms with Crippen LogP contribution < -0.4 is 4.74 Å². The highest BCUT2D eigenvalue weighted by Crippen LogP contribution is 2.39. The van der Waals surface area contributed by atoms with Crippen LogP contribution in [0.15, 0.2) is 54.1 Å². The van der Waals surface area contributed by atoms with Gasteiger partial charge in [-0.25, -0.2) is 4.79 Å². The third kappa shape index (κ3) is 5.89. The summed E-state index contributed by atoms with van der Waals surface area (Å²) in [6.07, 6.45) is 1.89. The maximum atomic E-state index is 13.1. The molecule has 2 aromatic rings. The predicted molar refractivity (Wildman–Crippen MR) is 132 cm³/mol. The number of aliphatic hydroxyl groups is 1. The first kappa shape index (κ1) is 26.0. The molecule has 1 heterocycles. The number of likely N-dealkylation sites (tertiary alicyclic amines) is 1. The Kier molecular flexibility index (Phi) is 8.65. The number of hydrogen-bond acceptors (Lipinski definition) is 7. The van der Waals surface area contributed by atoms with Gasteiger partial charge in [-0.15, -0.1) is 0 Å². The van der Waals surface area contributed by atoms with Crippen molar-refractivity contribution in [1.82, 2.24) is 9.80 Å². The average Bonchev–Trinajstić information content (AvgIpc) is 3.11. The van der Waals surface area contributed by atoms with Gasteiger partial charge < -0.3 is 24.4 Å². The third-order valence-corrected chi connectivity index (χ3v) is 5.85. The van der Waals surface area contributed by atoms with Gasteiger partial charge in [0.05, 0.1) is 30.9 Å². The highest BCUT2D eigenvalue weighted by molar-refractivity contribution is 6.46. The molecular weight excluding hydrogens is 448 g/mol. The molecule has 1 fully saturated rings. The van der Waals surface area contributed by atoms with Crippen molar-refractivity contribution in [2.24, 2.45) is 0 Å². The maximum absolute atomic E-state index is 13.1. The highest BCUT2D eigenvalue weighted by Gasteiger charge is 2.45. The molecule has 8 nitrogen and oxygen atoms in total. The molecule has 1 atom stereocenters. The molecule has 186 valence electrons. The lowest BCUT2D eigenvalue weighted by atomic mass is 9.94. The minimum Gasteiger partial charge on any atom is -0.507 e. The Morgan fingerprint density at radius 1 is 1.09 bits per heavy atom. The average molecular weight is 481 g/mol. The molecular formula is C27H32N2O6. The molecule has 0 spiro atoms. The molecule has 8 heteroatoms. The van der Waals surface area contributed by atoms with Crippen molar-refractivity contribution < 1.29 is 29.0 Å². The Morgan fingerprint density at radius 2 is 1.80 bits per heavy atom. The number of aliphatic hydroxyl groups excluding tert-OH is 1. The summed E-state index contributed by atoms with van der Waals surface area (Å²) in [6, 6.07) is 12.6. The van der Waals surface area contributed by atoms with Gasteiger partial charge in [0.15, 0.2) is 0 Å². The molecule has 3 rings (SSSR count). The molecule has 0 saturated carbocycles. The molecule has 35 heavy (non-hydrogen) atoms. The molecule has 0 radical (unpaired) electrons. The van der Waals surface area contributed by atoms with E-state index in [1.165, 1.54) is 12.0 Å². The van der Waals surface area contributed by atoms with Crippen molar-refractivity contribution in [2.45, 2.75) is 25.8 Å². The fourth-order valence-electron chi connectivity index (χ4n) is 3.91. The number of likely N-dealkylation sites (N-methyl/N-ethyl adjacent to an activating group) is 1. The minimum atomic E-state index is -0.800. The van der Waals surface area contributed by atoms with Crippen molar-refractivity contribution in [2.75, 3.05) is 40.9 Å². The Balaban J connectivity index is 2.06. The van der Waals surface area contributed by atoms with Crippen molar-refractivity contribution in [3.05, 3.63) is 70.8 Å². The molecule has 1 unspecified atom stereocenters. The zero-order valence-electron chi connectivity index (χ0n) is 20.6. The summed E-state index contributed by atoms with van der Waals surface area (Å²) in [4.78, 5) is 41.4. The van der Waals surface area contributed by atoms with E-state index in [9.17, 15) is 19.5 Å². The maximum Gasteiger partial charge on any atom is 0.337 e. The van der Waals surface area contributed by atoms with Gasteiger partial charge in [0.25, 0.3) is 11.7 Å². The summed E-state index contributed by atoms with van der Waals surface area (Å²) in [5.74, 6) is -1.61. The Morgan fingerprint density at radius 3 is 2.43 bits per heavy atom. The number of ketones is 1. The fourth-order valence-corrected chi connectivity index (χ4v) is 3.91. The molecule has 0 aliphatic carbocycles. The SMILES string of the molecule is CCCCOc1cccc(C(O)=C2C(=O)C(=O)N(CCN(C)C)C2c2ccc(C(=O)OC)cc2)c1. The number of unbranched alkanes of at least 4 members (excludes halogenated alkanes) is 1. The molecule has 1 aliphatic rings. The summed E-state index contributed by atoms with van der Waals surface area (Å²) >= 11 is 0. The minimum absolute atomic E-state index is 0.00489. The number of esters is 1. The summed E-state index contributed by atoms with van der Waals surface area (Å²) in [5.41, 5.74) is 1.34. The summed E-state index contributed by atoms with van der Waals surface area (Å²) < 4.78 is 10.5. The number of rotatable bonds is 10. The zero-order valence-corrected chi connectivity index (χ0v) is 20.6. The normalized spacial score (nSPS) is 17.2. The van der Waals surface area contributed by atoms with Crippen LogP contribution in [0.25, 0.3) is 5.76 Å². The fraction of sp³-hybridized carbons (Fsp3) is 0.370. The van der Waals surface area contributed by atoms with Gasteiger partial charge in [-0.05, 0) is 50.3 Å². The number of nitrogens with zero attached hydrogens (tertiary/aromatic N) is 2. The molecule has 1 N–H and O–H groups in total. The van der Waals surface area contributed by atoms with Crippen LogP contribution in [0.4, 0.5) is 0 Å². The standard InChI is InChI=1S/C27H32N2O6/c1-5-6-16-35-21-9-7-8-20(17-21)24(30)22-23(18-10-12-19(13-11-18)27(33)34-4)29(15-14-28(2)3)26(32)25(22)31/h7-13,17,23,30H,5-6,14-16H2,1-4H3. The molecule has 2 aromatic carbocycles. The molecule has 0 aromatic heterocycles. The molecule has 1 aliphatic heterocycles. The van der Waals surface area contributed by atoms with E-state index in [2.05, 4.69) is 6.92 Å². The van der Waals surface area contributed by atoms with Crippen LogP contribution in [0.5, 0.6) is 5.75 Å². The van der Waals surface area contributed by atoms with Crippen molar-refractivity contribution in [1.29, 1.82) is 0 Å². The first-order valence-corrected chi connectivity index (χ1v) is 11.6. The van der Waals surface area contributed by atoms with Gasteiger partial charge in [-0.3, -0.25) is 9.59 Å². The van der Waals surface area contributed by atoms with Crippen LogP contribution >= 0.6 is 0 Å². The number of hydrogen-bond donors (Lipinski definition) is 1. The van der Waals surface area contributed by atoms with Crippen LogP contribution in [-0.4, -0.2) is 73.5 Å². The van der Waals surface area contributed by atoms with E-state index in [1.807, 2.05) is 19.0 Å². The number of benzene rings is 2. The number of carbonyl (C=O) groups is 3. The third-order valence-electron chi connectivity index (χ3n) is 5.85. The van der Waals surface area contributed by atoms with Crippen LogP contribution in [0.1, 0.15) is 47.3 Å². The van der Waals surface area contributed by atoms with Gasteiger partial charge in [-0.1, -0.05) is 37.6 Å². The first-order chi connectivity index (χ1) is 16.8. The van der Waals surface area contributed by atoms with Crippen molar-refractivity contribution in [3.63, 3.8) is 0 Å². The Labute approximate surface area is 205 Å². The summed E-state index contributed by atoms with van der Waals surface area (Å²) in [5, 5.41) is 11.3.